The van der Waals surface area contributed by atoms with Gasteiger partial charge in [-0.2, -0.15) is 0 Å². The SMILES string of the molecule is COc1cc(CN2CCc3c(nc(-c4ccc(Cl)cc4)[nH]c3=O)C2)cc(OC)c1. The zero-order chi connectivity index (χ0) is 20.4. The highest BCUT2D eigenvalue weighted by molar-refractivity contribution is 6.30. The summed E-state index contributed by atoms with van der Waals surface area (Å²) in [6, 6.07) is 13.2. The molecule has 1 aliphatic rings. The minimum Gasteiger partial charge on any atom is -0.497 e. The fourth-order valence-electron chi connectivity index (χ4n) is 3.59. The molecular formula is C22H22ClN3O3. The number of aromatic nitrogens is 2. The molecule has 150 valence electrons. The van der Waals surface area contributed by atoms with Crippen LogP contribution in [0, 0.1) is 0 Å². The lowest BCUT2D eigenvalue weighted by atomic mass is 10.0. The first-order valence-electron chi connectivity index (χ1n) is 9.38. The monoisotopic (exact) mass is 411 g/mol. The number of rotatable bonds is 5. The Hall–Kier alpha value is -2.83. The molecule has 0 saturated carbocycles. The number of ether oxygens (including phenoxy) is 2. The summed E-state index contributed by atoms with van der Waals surface area (Å²) in [5.41, 5.74) is 3.45. The molecule has 0 atom stereocenters. The minimum absolute atomic E-state index is 0.0670. The van der Waals surface area contributed by atoms with Crippen LogP contribution >= 0.6 is 11.6 Å². The zero-order valence-electron chi connectivity index (χ0n) is 16.4. The maximum absolute atomic E-state index is 12.6. The van der Waals surface area contributed by atoms with Gasteiger partial charge in [-0.25, -0.2) is 4.98 Å². The molecule has 1 aliphatic heterocycles. The minimum atomic E-state index is -0.0670. The maximum atomic E-state index is 12.6. The molecule has 0 aliphatic carbocycles. The normalized spacial score (nSPS) is 13.8. The van der Waals surface area contributed by atoms with E-state index < -0.39 is 0 Å². The van der Waals surface area contributed by atoms with Gasteiger partial charge in [0, 0.05) is 41.9 Å². The van der Waals surface area contributed by atoms with Crippen LogP contribution in [0.25, 0.3) is 11.4 Å². The fourth-order valence-corrected chi connectivity index (χ4v) is 3.72. The largest absolute Gasteiger partial charge is 0.497 e. The number of nitrogens with zero attached hydrogens (tertiary/aromatic N) is 2. The van der Waals surface area contributed by atoms with E-state index in [1.807, 2.05) is 30.3 Å². The summed E-state index contributed by atoms with van der Waals surface area (Å²) in [6.45, 7) is 2.12. The lowest BCUT2D eigenvalue weighted by molar-refractivity contribution is 0.240. The number of methoxy groups -OCH3 is 2. The molecule has 0 bridgehead atoms. The van der Waals surface area contributed by atoms with Crippen LogP contribution in [0.5, 0.6) is 11.5 Å². The Morgan fingerprint density at radius 2 is 1.79 bits per heavy atom. The topological polar surface area (TPSA) is 67.5 Å². The molecule has 0 saturated heterocycles. The van der Waals surface area contributed by atoms with E-state index in [2.05, 4.69) is 9.88 Å². The molecule has 4 rings (SSSR count). The summed E-state index contributed by atoms with van der Waals surface area (Å²) < 4.78 is 10.7. The van der Waals surface area contributed by atoms with E-state index in [-0.39, 0.29) is 5.56 Å². The number of nitrogens with one attached hydrogen (secondary N) is 1. The van der Waals surface area contributed by atoms with Gasteiger partial charge in [-0.15, -0.1) is 0 Å². The van der Waals surface area contributed by atoms with E-state index in [9.17, 15) is 4.79 Å². The Balaban J connectivity index is 1.59. The summed E-state index contributed by atoms with van der Waals surface area (Å²) in [4.78, 5) is 22.5. The summed E-state index contributed by atoms with van der Waals surface area (Å²) in [6.07, 6.45) is 0.666. The van der Waals surface area contributed by atoms with Crippen molar-refractivity contribution in [2.75, 3.05) is 20.8 Å². The number of halogens is 1. The molecule has 0 unspecified atom stereocenters. The molecule has 6 nitrogen and oxygen atoms in total. The first-order valence-corrected chi connectivity index (χ1v) is 9.76. The lowest BCUT2D eigenvalue weighted by Crippen LogP contribution is -2.35. The van der Waals surface area contributed by atoms with Gasteiger partial charge in [-0.05, 0) is 48.4 Å². The highest BCUT2D eigenvalue weighted by Crippen LogP contribution is 2.25. The second-order valence-electron chi connectivity index (χ2n) is 7.03. The third kappa shape index (κ3) is 4.28. The highest BCUT2D eigenvalue weighted by atomic mass is 35.5. The second-order valence-corrected chi connectivity index (χ2v) is 7.46. The van der Waals surface area contributed by atoms with Crippen molar-refractivity contribution in [3.8, 4) is 22.9 Å². The van der Waals surface area contributed by atoms with Crippen molar-refractivity contribution in [3.63, 3.8) is 0 Å². The molecular weight excluding hydrogens is 390 g/mol. The van der Waals surface area contributed by atoms with Crippen LogP contribution in [-0.2, 0) is 19.5 Å². The molecule has 0 spiro atoms. The van der Waals surface area contributed by atoms with Crippen LogP contribution in [0.3, 0.4) is 0 Å². The smallest absolute Gasteiger partial charge is 0.254 e. The van der Waals surface area contributed by atoms with Crippen molar-refractivity contribution in [1.82, 2.24) is 14.9 Å². The Kier molecular flexibility index (Phi) is 5.56. The van der Waals surface area contributed by atoms with Gasteiger partial charge in [0.25, 0.3) is 5.56 Å². The van der Waals surface area contributed by atoms with Crippen LogP contribution in [0.15, 0.2) is 47.3 Å². The number of fused-ring (bicyclic) bond motifs is 1. The van der Waals surface area contributed by atoms with Gasteiger partial charge < -0.3 is 14.5 Å². The Bertz CT molecular complexity index is 1060. The molecule has 2 aromatic carbocycles. The van der Waals surface area contributed by atoms with E-state index >= 15 is 0 Å². The van der Waals surface area contributed by atoms with Gasteiger partial charge in [-0.3, -0.25) is 9.69 Å². The lowest BCUT2D eigenvalue weighted by Gasteiger charge is -2.28. The molecule has 0 radical (unpaired) electrons. The van der Waals surface area contributed by atoms with E-state index in [1.165, 1.54) is 0 Å². The number of benzene rings is 2. The van der Waals surface area contributed by atoms with Crippen molar-refractivity contribution < 1.29 is 9.47 Å². The molecule has 7 heteroatoms. The second kappa shape index (κ2) is 8.27. The van der Waals surface area contributed by atoms with Crippen molar-refractivity contribution in [1.29, 1.82) is 0 Å². The Morgan fingerprint density at radius 3 is 2.45 bits per heavy atom. The Labute approximate surface area is 174 Å². The van der Waals surface area contributed by atoms with Crippen LogP contribution < -0.4 is 15.0 Å². The van der Waals surface area contributed by atoms with Gasteiger partial charge in [-0.1, -0.05) is 11.6 Å². The van der Waals surface area contributed by atoms with Crippen LogP contribution in [0.4, 0.5) is 0 Å². The van der Waals surface area contributed by atoms with Crippen LogP contribution in [0.2, 0.25) is 5.02 Å². The summed E-state index contributed by atoms with van der Waals surface area (Å²) >= 11 is 5.97. The van der Waals surface area contributed by atoms with Crippen molar-refractivity contribution in [3.05, 3.63) is 74.7 Å². The van der Waals surface area contributed by atoms with Gasteiger partial charge in [0.05, 0.1) is 19.9 Å². The first-order chi connectivity index (χ1) is 14.1. The standard InChI is InChI=1S/C22H22ClN3O3/c1-28-17-9-14(10-18(11-17)29-2)12-26-8-7-19-20(13-26)24-21(25-22(19)27)15-3-5-16(23)6-4-15/h3-6,9-11H,7-8,12-13H2,1-2H3,(H,24,25,27). The van der Waals surface area contributed by atoms with Gasteiger partial charge in [0.1, 0.15) is 17.3 Å². The molecule has 2 heterocycles. The van der Waals surface area contributed by atoms with Crippen molar-refractivity contribution >= 4 is 11.6 Å². The highest BCUT2D eigenvalue weighted by Gasteiger charge is 2.22. The number of H-pyrrole nitrogens is 1. The summed E-state index contributed by atoms with van der Waals surface area (Å²) in [5, 5.41) is 0.647. The zero-order valence-corrected chi connectivity index (χ0v) is 17.1. The van der Waals surface area contributed by atoms with Crippen molar-refractivity contribution in [2.24, 2.45) is 0 Å². The maximum Gasteiger partial charge on any atom is 0.254 e. The van der Waals surface area contributed by atoms with E-state index in [1.54, 1.807) is 26.4 Å². The summed E-state index contributed by atoms with van der Waals surface area (Å²) in [7, 11) is 3.29. The van der Waals surface area contributed by atoms with Crippen LogP contribution in [0.1, 0.15) is 16.8 Å². The average molecular weight is 412 g/mol. The molecule has 1 N–H and O–H groups in total. The first kappa shape index (κ1) is 19.5. The predicted molar refractivity (Wildman–Crippen MR) is 113 cm³/mol. The van der Waals surface area contributed by atoms with Gasteiger partial charge in [0.2, 0.25) is 0 Å². The number of hydrogen-bond donors (Lipinski definition) is 1. The van der Waals surface area contributed by atoms with E-state index in [4.69, 9.17) is 26.1 Å². The quantitative estimate of drug-likeness (QED) is 0.693. The van der Waals surface area contributed by atoms with Crippen LogP contribution in [-0.4, -0.2) is 35.6 Å². The van der Waals surface area contributed by atoms with Gasteiger partial charge >= 0.3 is 0 Å². The number of hydrogen-bond acceptors (Lipinski definition) is 5. The van der Waals surface area contributed by atoms with Gasteiger partial charge in [0.15, 0.2) is 0 Å². The molecule has 0 fully saturated rings. The average Bonchev–Trinajstić information content (AvgIpc) is 2.73. The van der Waals surface area contributed by atoms with E-state index in [0.29, 0.717) is 23.8 Å². The molecule has 1 aromatic heterocycles. The molecule has 0 amide bonds. The Morgan fingerprint density at radius 1 is 1.10 bits per heavy atom. The summed E-state index contributed by atoms with van der Waals surface area (Å²) in [5.74, 6) is 2.09. The molecule has 29 heavy (non-hydrogen) atoms. The van der Waals surface area contributed by atoms with Crippen molar-refractivity contribution in [2.45, 2.75) is 19.5 Å². The fraction of sp³-hybridized carbons (Fsp3) is 0.273. The number of aromatic amines is 1. The third-order valence-electron chi connectivity index (χ3n) is 5.09. The molecule has 3 aromatic rings. The third-order valence-corrected chi connectivity index (χ3v) is 5.34. The van der Waals surface area contributed by atoms with E-state index in [0.717, 1.165) is 47.0 Å². The predicted octanol–water partition coefficient (Wildman–Crippen LogP) is 3.67.